The van der Waals surface area contributed by atoms with Crippen molar-refractivity contribution in [1.29, 1.82) is 0 Å². The van der Waals surface area contributed by atoms with Crippen LogP contribution >= 0.6 is 0 Å². The number of piperidine rings is 1. The van der Waals surface area contributed by atoms with Crippen molar-refractivity contribution in [2.24, 2.45) is 11.7 Å². The van der Waals surface area contributed by atoms with E-state index in [0.717, 1.165) is 30.4 Å². The van der Waals surface area contributed by atoms with E-state index >= 15 is 0 Å². The normalized spacial score (nSPS) is 19.5. The molecule has 3 heteroatoms. The lowest BCUT2D eigenvalue weighted by Gasteiger charge is -2.34. The summed E-state index contributed by atoms with van der Waals surface area (Å²) in [6, 6.07) is 8.50. The number of hydrogen-bond donors (Lipinski definition) is 1. The molecular weight excluding hydrogens is 246 g/mol. The molecular formula is C17H23N3. The van der Waals surface area contributed by atoms with Crippen LogP contribution in [-0.4, -0.2) is 18.1 Å². The molecule has 3 nitrogen and oxygen atoms in total. The quantitative estimate of drug-likeness (QED) is 0.929. The Morgan fingerprint density at radius 2 is 2.10 bits per heavy atom. The van der Waals surface area contributed by atoms with Gasteiger partial charge in [0.05, 0.1) is 0 Å². The molecule has 20 heavy (non-hydrogen) atoms. The number of nitrogens with zero attached hydrogens (tertiary/aromatic N) is 2. The van der Waals surface area contributed by atoms with Crippen molar-refractivity contribution < 1.29 is 0 Å². The Balaban J connectivity index is 2.03. The molecule has 1 aliphatic rings. The van der Waals surface area contributed by atoms with Gasteiger partial charge in [0.25, 0.3) is 0 Å². The molecule has 2 heterocycles. The molecule has 1 aromatic carbocycles. The largest absolute Gasteiger partial charge is 0.356 e. The fraction of sp³-hybridized carbons (Fsp3) is 0.471. The second-order valence-corrected chi connectivity index (χ2v) is 5.72. The van der Waals surface area contributed by atoms with Crippen LogP contribution in [-0.2, 0) is 6.54 Å². The smallest absolute Gasteiger partial charge is 0.136 e. The summed E-state index contributed by atoms with van der Waals surface area (Å²) in [5, 5.41) is 2.49. The van der Waals surface area contributed by atoms with Crippen LogP contribution in [0, 0.1) is 5.92 Å². The minimum atomic E-state index is 0.547. The molecule has 0 saturated carbocycles. The zero-order valence-electron chi connectivity index (χ0n) is 12.2. The Morgan fingerprint density at radius 1 is 1.30 bits per heavy atom. The van der Waals surface area contributed by atoms with E-state index in [-0.39, 0.29) is 0 Å². The van der Waals surface area contributed by atoms with Gasteiger partial charge in [0.1, 0.15) is 5.82 Å². The topological polar surface area (TPSA) is 42.2 Å². The van der Waals surface area contributed by atoms with E-state index in [9.17, 15) is 0 Å². The maximum atomic E-state index is 5.83. The van der Waals surface area contributed by atoms with Gasteiger partial charge in [-0.05, 0) is 29.7 Å². The summed E-state index contributed by atoms with van der Waals surface area (Å²) in [5.74, 6) is 1.94. The molecule has 106 valence electrons. The van der Waals surface area contributed by atoms with Gasteiger partial charge in [-0.25, -0.2) is 4.98 Å². The molecule has 0 bridgehead atoms. The molecule has 3 rings (SSSR count). The van der Waals surface area contributed by atoms with Crippen LogP contribution in [0.25, 0.3) is 10.8 Å². The van der Waals surface area contributed by atoms with Crippen molar-refractivity contribution >= 4 is 16.6 Å². The lowest BCUT2D eigenvalue weighted by Crippen LogP contribution is -2.35. The maximum absolute atomic E-state index is 5.83. The molecule has 2 N–H and O–H groups in total. The first-order chi connectivity index (χ1) is 9.83. The molecule has 2 aromatic rings. The highest BCUT2D eigenvalue weighted by atomic mass is 15.2. The average Bonchev–Trinajstić information content (AvgIpc) is 2.54. The van der Waals surface area contributed by atoms with Gasteiger partial charge in [0, 0.05) is 31.2 Å². The molecule has 1 fully saturated rings. The highest BCUT2D eigenvalue weighted by Crippen LogP contribution is 2.30. The Hall–Kier alpha value is -1.61. The monoisotopic (exact) mass is 269 g/mol. The van der Waals surface area contributed by atoms with E-state index in [1.54, 1.807) is 0 Å². The van der Waals surface area contributed by atoms with Gasteiger partial charge in [-0.2, -0.15) is 0 Å². The number of rotatable bonds is 3. The van der Waals surface area contributed by atoms with Gasteiger partial charge >= 0.3 is 0 Å². The molecule has 1 aromatic heterocycles. The van der Waals surface area contributed by atoms with Crippen LogP contribution in [0.3, 0.4) is 0 Å². The molecule has 1 atom stereocenters. The Bertz CT molecular complexity index is 594. The predicted octanol–water partition coefficient (Wildman–Crippen LogP) is 3.32. The van der Waals surface area contributed by atoms with Crippen LogP contribution in [0.1, 0.15) is 31.7 Å². The van der Waals surface area contributed by atoms with E-state index in [4.69, 9.17) is 10.7 Å². The minimum absolute atomic E-state index is 0.547. The number of fused-ring (bicyclic) bond motifs is 1. The highest BCUT2D eigenvalue weighted by Gasteiger charge is 2.21. The number of anilines is 1. The van der Waals surface area contributed by atoms with Crippen LogP contribution in [0.5, 0.6) is 0 Å². The second-order valence-electron chi connectivity index (χ2n) is 5.72. The van der Waals surface area contributed by atoms with Gasteiger partial charge < -0.3 is 10.6 Å². The molecule has 1 aliphatic heterocycles. The predicted molar refractivity (Wildman–Crippen MR) is 84.9 cm³/mol. The van der Waals surface area contributed by atoms with Gasteiger partial charge in [-0.3, -0.25) is 0 Å². The fourth-order valence-corrected chi connectivity index (χ4v) is 3.24. The summed E-state index contributed by atoms with van der Waals surface area (Å²) in [6.07, 6.45) is 5.83. The number of pyridine rings is 1. The SMILES string of the molecule is CCC1CCCN(c2ncc(CN)c3ccccc23)C1. The summed E-state index contributed by atoms with van der Waals surface area (Å²) in [4.78, 5) is 7.17. The van der Waals surface area contributed by atoms with Crippen LogP contribution < -0.4 is 10.6 Å². The fourth-order valence-electron chi connectivity index (χ4n) is 3.24. The third-order valence-corrected chi connectivity index (χ3v) is 4.47. The van der Waals surface area contributed by atoms with Crippen molar-refractivity contribution in [3.05, 3.63) is 36.0 Å². The number of nitrogens with two attached hydrogens (primary N) is 1. The van der Waals surface area contributed by atoms with Crippen molar-refractivity contribution in [2.75, 3.05) is 18.0 Å². The summed E-state index contributed by atoms with van der Waals surface area (Å²) < 4.78 is 0. The third-order valence-electron chi connectivity index (χ3n) is 4.47. The molecule has 0 radical (unpaired) electrons. The number of benzene rings is 1. The summed E-state index contributed by atoms with van der Waals surface area (Å²) in [5.41, 5.74) is 6.97. The first-order valence-corrected chi connectivity index (χ1v) is 7.65. The van der Waals surface area contributed by atoms with Crippen LogP contribution in [0.2, 0.25) is 0 Å². The number of aromatic nitrogens is 1. The summed E-state index contributed by atoms with van der Waals surface area (Å²) >= 11 is 0. The molecule has 1 saturated heterocycles. The standard InChI is InChI=1S/C17H23N3/c1-2-13-6-5-9-20(12-13)17-16-8-4-3-7-15(16)14(10-18)11-19-17/h3-4,7-8,11,13H,2,5-6,9-10,12,18H2,1H3. The van der Waals surface area contributed by atoms with Gasteiger partial charge in [0.2, 0.25) is 0 Å². The first-order valence-electron chi connectivity index (χ1n) is 7.65. The van der Waals surface area contributed by atoms with Crippen molar-refractivity contribution in [3.63, 3.8) is 0 Å². The Morgan fingerprint density at radius 3 is 2.85 bits per heavy atom. The Labute approximate surface area is 120 Å². The average molecular weight is 269 g/mol. The Kier molecular flexibility index (Phi) is 3.88. The lowest BCUT2D eigenvalue weighted by molar-refractivity contribution is 0.403. The zero-order chi connectivity index (χ0) is 13.9. The van der Waals surface area contributed by atoms with Gasteiger partial charge in [-0.15, -0.1) is 0 Å². The lowest BCUT2D eigenvalue weighted by atomic mass is 9.95. The summed E-state index contributed by atoms with van der Waals surface area (Å²) in [7, 11) is 0. The summed E-state index contributed by atoms with van der Waals surface area (Å²) in [6.45, 7) is 5.09. The first kappa shape index (κ1) is 13.4. The number of hydrogen-bond acceptors (Lipinski definition) is 3. The maximum Gasteiger partial charge on any atom is 0.136 e. The van der Waals surface area contributed by atoms with E-state index in [0.29, 0.717) is 6.54 Å². The third kappa shape index (κ3) is 2.38. The van der Waals surface area contributed by atoms with Gasteiger partial charge in [-0.1, -0.05) is 37.6 Å². The molecule has 0 amide bonds. The second kappa shape index (κ2) is 5.80. The molecule has 0 spiro atoms. The van der Waals surface area contributed by atoms with Crippen molar-refractivity contribution in [3.8, 4) is 0 Å². The minimum Gasteiger partial charge on any atom is -0.356 e. The zero-order valence-corrected chi connectivity index (χ0v) is 12.2. The van der Waals surface area contributed by atoms with Crippen molar-refractivity contribution in [1.82, 2.24) is 4.98 Å². The van der Waals surface area contributed by atoms with E-state index < -0.39 is 0 Å². The van der Waals surface area contributed by atoms with Crippen molar-refractivity contribution in [2.45, 2.75) is 32.7 Å². The van der Waals surface area contributed by atoms with Crippen LogP contribution in [0.15, 0.2) is 30.5 Å². The van der Waals surface area contributed by atoms with Crippen LogP contribution in [0.4, 0.5) is 5.82 Å². The highest BCUT2D eigenvalue weighted by molar-refractivity contribution is 5.94. The van der Waals surface area contributed by atoms with E-state index in [1.807, 2.05) is 6.20 Å². The van der Waals surface area contributed by atoms with E-state index in [2.05, 4.69) is 36.1 Å². The van der Waals surface area contributed by atoms with E-state index in [1.165, 1.54) is 30.0 Å². The molecule has 0 aliphatic carbocycles. The molecule has 1 unspecified atom stereocenters. The van der Waals surface area contributed by atoms with Gasteiger partial charge in [0.15, 0.2) is 0 Å².